The van der Waals surface area contributed by atoms with E-state index in [0.29, 0.717) is 6.61 Å². The molecule has 150 valence electrons. The second-order valence-electron chi connectivity index (χ2n) is 7.19. The van der Waals surface area contributed by atoms with Gasteiger partial charge in [-0.2, -0.15) is 0 Å². The third-order valence-corrected chi connectivity index (χ3v) is 5.24. The molecule has 0 N–H and O–H groups in total. The summed E-state index contributed by atoms with van der Waals surface area (Å²) in [6.45, 7) is 3.68. The van der Waals surface area contributed by atoms with Crippen molar-refractivity contribution in [2.45, 2.75) is 6.92 Å². The standard InChI is InChI=1S/C25H25Cl2NO/c1-18(19-4-10-22(26)11-5-19)25(20-6-12-23(27)13-7-20)21-8-14-24(15-9-21)29-17-16-28(2)3/h4-15H,16-17H2,1-3H3/b25-18+. The molecule has 29 heavy (non-hydrogen) atoms. The molecule has 0 bridgehead atoms. The van der Waals surface area contributed by atoms with Crippen LogP contribution < -0.4 is 4.74 Å². The molecule has 3 rings (SSSR count). The number of hydrogen-bond donors (Lipinski definition) is 0. The number of likely N-dealkylation sites (N-methyl/N-ethyl adjacent to an activating group) is 1. The zero-order chi connectivity index (χ0) is 20.8. The summed E-state index contributed by atoms with van der Waals surface area (Å²) >= 11 is 12.2. The van der Waals surface area contributed by atoms with Crippen molar-refractivity contribution in [2.24, 2.45) is 0 Å². The van der Waals surface area contributed by atoms with Gasteiger partial charge in [0.15, 0.2) is 0 Å². The van der Waals surface area contributed by atoms with Crippen LogP contribution in [-0.2, 0) is 0 Å². The molecule has 4 heteroatoms. The quantitative estimate of drug-likeness (QED) is 0.381. The highest BCUT2D eigenvalue weighted by molar-refractivity contribution is 6.31. The van der Waals surface area contributed by atoms with Crippen molar-refractivity contribution >= 4 is 34.3 Å². The summed E-state index contributed by atoms with van der Waals surface area (Å²) in [7, 11) is 4.07. The van der Waals surface area contributed by atoms with E-state index in [1.54, 1.807) is 0 Å². The molecule has 0 aliphatic heterocycles. The molecule has 0 radical (unpaired) electrons. The van der Waals surface area contributed by atoms with E-state index >= 15 is 0 Å². The van der Waals surface area contributed by atoms with Crippen molar-refractivity contribution in [3.8, 4) is 5.75 Å². The first-order valence-corrected chi connectivity index (χ1v) is 10.3. The number of halogens is 2. The van der Waals surface area contributed by atoms with Crippen molar-refractivity contribution in [2.75, 3.05) is 27.2 Å². The summed E-state index contributed by atoms with van der Waals surface area (Å²) in [5, 5.41) is 1.45. The number of rotatable bonds is 7. The van der Waals surface area contributed by atoms with Crippen molar-refractivity contribution in [1.29, 1.82) is 0 Å². The highest BCUT2D eigenvalue weighted by atomic mass is 35.5. The predicted molar refractivity (Wildman–Crippen MR) is 125 cm³/mol. The van der Waals surface area contributed by atoms with Crippen LogP contribution >= 0.6 is 23.2 Å². The van der Waals surface area contributed by atoms with Crippen LogP contribution in [0.15, 0.2) is 72.8 Å². The summed E-state index contributed by atoms with van der Waals surface area (Å²) in [6.07, 6.45) is 0. The van der Waals surface area contributed by atoms with Crippen LogP contribution in [0.1, 0.15) is 23.6 Å². The minimum Gasteiger partial charge on any atom is -0.492 e. The zero-order valence-corrected chi connectivity index (χ0v) is 18.5. The monoisotopic (exact) mass is 425 g/mol. The smallest absolute Gasteiger partial charge is 0.119 e. The third kappa shape index (κ3) is 5.86. The van der Waals surface area contributed by atoms with Gasteiger partial charge in [0.2, 0.25) is 0 Å². The topological polar surface area (TPSA) is 12.5 Å². The van der Waals surface area contributed by atoms with E-state index in [-0.39, 0.29) is 0 Å². The Morgan fingerprint density at radius 1 is 0.724 bits per heavy atom. The summed E-state index contributed by atoms with van der Waals surface area (Å²) in [5.41, 5.74) is 5.70. The van der Waals surface area contributed by atoms with Gasteiger partial charge in [0.1, 0.15) is 12.4 Å². The summed E-state index contributed by atoms with van der Waals surface area (Å²) in [6, 6.07) is 24.1. The van der Waals surface area contributed by atoms with Gasteiger partial charge in [-0.25, -0.2) is 0 Å². The fraction of sp³-hybridized carbons (Fsp3) is 0.200. The van der Waals surface area contributed by atoms with Gasteiger partial charge >= 0.3 is 0 Å². The van der Waals surface area contributed by atoms with Crippen molar-refractivity contribution < 1.29 is 4.74 Å². The van der Waals surface area contributed by atoms with Gasteiger partial charge < -0.3 is 9.64 Å². The average molecular weight is 426 g/mol. The van der Waals surface area contributed by atoms with E-state index in [1.165, 1.54) is 5.57 Å². The Hall–Kier alpha value is -2.26. The minimum atomic E-state index is 0.663. The Balaban J connectivity index is 1.98. The fourth-order valence-corrected chi connectivity index (χ4v) is 3.38. The second-order valence-corrected chi connectivity index (χ2v) is 8.06. The molecule has 0 saturated heterocycles. The molecule has 0 amide bonds. The van der Waals surface area contributed by atoms with Gasteiger partial charge in [-0.1, -0.05) is 59.6 Å². The molecule has 0 saturated carbocycles. The van der Waals surface area contributed by atoms with Gasteiger partial charge in [-0.15, -0.1) is 0 Å². The summed E-state index contributed by atoms with van der Waals surface area (Å²) < 4.78 is 5.84. The molecule has 3 aromatic rings. The fourth-order valence-electron chi connectivity index (χ4n) is 3.12. The molecule has 0 heterocycles. The van der Waals surface area contributed by atoms with E-state index in [4.69, 9.17) is 27.9 Å². The second kappa shape index (κ2) is 9.98. The van der Waals surface area contributed by atoms with Crippen LogP contribution in [-0.4, -0.2) is 32.1 Å². The van der Waals surface area contributed by atoms with Crippen LogP contribution in [0, 0.1) is 0 Å². The Morgan fingerprint density at radius 3 is 1.66 bits per heavy atom. The summed E-state index contributed by atoms with van der Waals surface area (Å²) in [5.74, 6) is 0.871. The Bertz CT molecular complexity index is 959. The molecule has 0 aliphatic carbocycles. The Morgan fingerprint density at radius 2 is 1.17 bits per heavy atom. The Labute approximate surface area is 183 Å². The number of hydrogen-bond acceptors (Lipinski definition) is 2. The Kier molecular flexibility index (Phi) is 7.38. The van der Waals surface area contributed by atoms with Gasteiger partial charge in [0, 0.05) is 16.6 Å². The highest BCUT2D eigenvalue weighted by Crippen LogP contribution is 2.34. The maximum absolute atomic E-state index is 6.12. The van der Waals surface area contributed by atoms with Crippen LogP contribution in [0.2, 0.25) is 10.0 Å². The highest BCUT2D eigenvalue weighted by Gasteiger charge is 2.11. The number of nitrogens with zero attached hydrogens (tertiary/aromatic N) is 1. The molecule has 2 nitrogen and oxygen atoms in total. The predicted octanol–water partition coefficient (Wildman–Crippen LogP) is 6.91. The average Bonchev–Trinajstić information content (AvgIpc) is 2.71. The van der Waals surface area contributed by atoms with Crippen LogP contribution in [0.3, 0.4) is 0 Å². The van der Waals surface area contributed by atoms with Crippen LogP contribution in [0.4, 0.5) is 0 Å². The molecule has 0 fully saturated rings. The lowest BCUT2D eigenvalue weighted by Gasteiger charge is -2.16. The molecule has 3 aromatic carbocycles. The number of allylic oxidation sites excluding steroid dienone is 1. The number of ether oxygens (including phenoxy) is 1. The minimum absolute atomic E-state index is 0.663. The molecule has 0 aliphatic rings. The normalized spacial score (nSPS) is 12.1. The lowest BCUT2D eigenvalue weighted by Crippen LogP contribution is -2.19. The van der Waals surface area contributed by atoms with Crippen LogP contribution in [0.25, 0.3) is 11.1 Å². The van der Waals surface area contributed by atoms with E-state index in [2.05, 4.69) is 36.1 Å². The number of benzene rings is 3. The van der Waals surface area contributed by atoms with Gasteiger partial charge in [-0.05, 0) is 85.3 Å². The van der Waals surface area contributed by atoms with Crippen LogP contribution in [0.5, 0.6) is 5.75 Å². The molecular weight excluding hydrogens is 401 g/mol. The van der Waals surface area contributed by atoms with Crippen molar-refractivity contribution in [3.63, 3.8) is 0 Å². The summed E-state index contributed by atoms with van der Waals surface area (Å²) in [4.78, 5) is 2.10. The van der Waals surface area contributed by atoms with Gasteiger partial charge in [0.25, 0.3) is 0 Å². The largest absolute Gasteiger partial charge is 0.492 e. The lowest BCUT2D eigenvalue weighted by atomic mass is 9.90. The maximum Gasteiger partial charge on any atom is 0.119 e. The molecule has 0 aromatic heterocycles. The SMILES string of the molecule is C/C(=C(/c1ccc(Cl)cc1)c1ccc(OCCN(C)C)cc1)c1ccc(Cl)cc1. The van der Waals surface area contributed by atoms with E-state index in [0.717, 1.165) is 44.6 Å². The lowest BCUT2D eigenvalue weighted by molar-refractivity contribution is 0.261. The van der Waals surface area contributed by atoms with E-state index in [9.17, 15) is 0 Å². The molecule has 0 unspecified atom stereocenters. The first-order valence-electron chi connectivity index (χ1n) is 9.55. The molecule has 0 atom stereocenters. The zero-order valence-electron chi connectivity index (χ0n) is 17.0. The first-order chi connectivity index (χ1) is 13.9. The van der Waals surface area contributed by atoms with Crippen molar-refractivity contribution in [1.82, 2.24) is 4.90 Å². The first kappa shape index (κ1) is 21.4. The molecule has 0 spiro atoms. The maximum atomic E-state index is 6.12. The van der Waals surface area contributed by atoms with Gasteiger partial charge in [0.05, 0.1) is 0 Å². The van der Waals surface area contributed by atoms with E-state index < -0.39 is 0 Å². The van der Waals surface area contributed by atoms with E-state index in [1.807, 2.05) is 62.6 Å². The van der Waals surface area contributed by atoms with Gasteiger partial charge in [-0.3, -0.25) is 0 Å². The third-order valence-electron chi connectivity index (χ3n) is 4.74. The van der Waals surface area contributed by atoms with Crippen molar-refractivity contribution in [3.05, 3.63) is 99.5 Å². The molecular formula is C25H25Cl2NO.